The smallest absolute Gasteiger partial charge is 0.334 e. The monoisotopic (exact) mass is 175 g/mol. The normalized spacial score (nSPS) is 29.1. The van der Waals surface area contributed by atoms with Crippen LogP contribution in [-0.2, 0) is 14.3 Å². The van der Waals surface area contributed by atoms with Gasteiger partial charge in [0.05, 0.1) is 19.4 Å². The average molecular weight is 175 g/mol. The maximum Gasteiger partial charge on any atom is 0.334 e. The van der Waals surface area contributed by atoms with Crippen molar-refractivity contribution in [2.45, 2.75) is 19.1 Å². The average Bonchev–Trinajstić information content (AvgIpc) is 2.48. The number of carboxylic acid groups (broad SMARTS) is 1. The number of carbonyl (C=O) groups is 1. The maximum absolute atomic E-state index is 10.6. The van der Waals surface area contributed by atoms with Crippen LogP contribution in [0.5, 0.6) is 0 Å². The Morgan fingerprint density at radius 3 is 3.17 bits per heavy atom. The first-order valence-corrected chi connectivity index (χ1v) is 3.91. The summed E-state index contributed by atoms with van der Waals surface area (Å²) in [5.41, 5.74) is 0. The number of nitrogens with one attached hydrogen (secondary N) is 1. The van der Waals surface area contributed by atoms with Crippen LogP contribution in [0.2, 0.25) is 0 Å². The van der Waals surface area contributed by atoms with E-state index in [1.807, 2.05) is 6.92 Å². The molecule has 0 aromatic heterocycles. The molecule has 12 heavy (non-hydrogen) atoms. The Bertz CT molecular complexity index is 161. The molecule has 1 rings (SSSR count). The van der Waals surface area contributed by atoms with E-state index in [4.69, 9.17) is 14.6 Å². The summed E-state index contributed by atoms with van der Waals surface area (Å²) in [5, 5.41) is 11.6. The van der Waals surface area contributed by atoms with Crippen molar-refractivity contribution in [1.82, 2.24) is 5.32 Å². The Kier molecular flexibility index (Phi) is 3.46. The van der Waals surface area contributed by atoms with E-state index in [0.717, 1.165) is 0 Å². The summed E-state index contributed by atoms with van der Waals surface area (Å²) in [7, 11) is 0. The van der Waals surface area contributed by atoms with Crippen LogP contribution in [0.3, 0.4) is 0 Å². The molecule has 2 N–H and O–H groups in total. The molecule has 0 aromatic rings. The van der Waals surface area contributed by atoms with Gasteiger partial charge >= 0.3 is 5.97 Å². The molecule has 0 saturated carbocycles. The van der Waals surface area contributed by atoms with Crippen LogP contribution in [0.25, 0.3) is 0 Å². The van der Waals surface area contributed by atoms with Crippen LogP contribution in [-0.4, -0.2) is 43.2 Å². The predicted octanol–water partition coefficient (Wildman–Crippen LogP) is -0.578. The highest BCUT2D eigenvalue weighted by Gasteiger charge is 2.33. The second-order valence-electron chi connectivity index (χ2n) is 2.54. The molecule has 0 radical (unpaired) electrons. The van der Waals surface area contributed by atoms with Crippen molar-refractivity contribution in [2.75, 3.05) is 19.9 Å². The van der Waals surface area contributed by atoms with Gasteiger partial charge in [0.15, 0.2) is 6.10 Å². The van der Waals surface area contributed by atoms with Crippen molar-refractivity contribution >= 4 is 5.97 Å². The molecule has 0 aromatic carbocycles. The highest BCUT2D eigenvalue weighted by molar-refractivity contribution is 5.73. The summed E-state index contributed by atoms with van der Waals surface area (Å²) in [6, 6.07) is -0.220. The van der Waals surface area contributed by atoms with Gasteiger partial charge in [-0.15, -0.1) is 0 Å². The van der Waals surface area contributed by atoms with Crippen molar-refractivity contribution < 1.29 is 19.4 Å². The van der Waals surface area contributed by atoms with E-state index in [1.165, 1.54) is 0 Å². The van der Waals surface area contributed by atoms with Crippen LogP contribution in [0, 0.1) is 0 Å². The first kappa shape index (κ1) is 9.44. The minimum Gasteiger partial charge on any atom is -0.479 e. The number of hydrogen-bond donors (Lipinski definition) is 2. The zero-order valence-corrected chi connectivity index (χ0v) is 6.95. The third-order valence-electron chi connectivity index (χ3n) is 1.72. The van der Waals surface area contributed by atoms with Gasteiger partial charge in [-0.1, -0.05) is 0 Å². The predicted molar refractivity (Wildman–Crippen MR) is 40.8 cm³/mol. The molecule has 0 bridgehead atoms. The number of ether oxygens (including phenoxy) is 2. The fraction of sp³-hybridized carbons (Fsp3) is 0.857. The third-order valence-corrected chi connectivity index (χ3v) is 1.72. The summed E-state index contributed by atoms with van der Waals surface area (Å²) in [5.74, 6) is -0.940. The third kappa shape index (κ3) is 2.17. The molecule has 5 heteroatoms. The number of rotatable bonds is 4. The van der Waals surface area contributed by atoms with Crippen molar-refractivity contribution in [2.24, 2.45) is 0 Å². The SMILES string of the molecule is CCOCC1NCOC1C(=O)O. The molecule has 0 spiro atoms. The summed E-state index contributed by atoms with van der Waals surface area (Å²) in [6.07, 6.45) is -0.767. The minimum atomic E-state index is -0.940. The van der Waals surface area contributed by atoms with Gasteiger partial charge in [0.2, 0.25) is 0 Å². The summed E-state index contributed by atoms with van der Waals surface area (Å²) in [6.45, 7) is 3.12. The van der Waals surface area contributed by atoms with Crippen molar-refractivity contribution in [3.05, 3.63) is 0 Å². The lowest BCUT2D eigenvalue weighted by molar-refractivity contribution is -0.148. The van der Waals surface area contributed by atoms with Crippen molar-refractivity contribution in [1.29, 1.82) is 0 Å². The summed E-state index contributed by atoms with van der Waals surface area (Å²) >= 11 is 0. The van der Waals surface area contributed by atoms with E-state index >= 15 is 0 Å². The molecular weight excluding hydrogens is 162 g/mol. The Labute approximate surface area is 70.7 Å². The molecule has 1 aliphatic rings. The van der Waals surface area contributed by atoms with Gasteiger partial charge < -0.3 is 14.6 Å². The van der Waals surface area contributed by atoms with Gasteiger partial charge in [-0.25, -0.2) is 4.79 Å². The first-order chi connectivity index (χ1) is 5.75. The lowest BCUT2D eigenvalue weighted by Crippen LogP contribution is -2.39. The van der Waals surface area contributed by atoms with Crippen molar-refractivity contribution in [3.8, 4) is 0 Å². The molecule has 1 saturated heterocycles. The first-order valence-electron chi connectivity index (χ1n) is 3.91. The fourth-order valence-corrected chi connectivity index (χ4v) is 1.10. The van der Waals surface area contributed by atoms with E-state index < -0.39 is 12.1 Å². The quantitative estimate of drug-likeness (QED) is 0.598. The molecule has 0 amide bonds. The zero-order chi connectivity index (χ0) is 8.97. The second kappa shape index (κ2) is 4.39. The number of carboxylic acids is 1. The topological polar surface area (TPSA) is 67.8 Å². The molecule has 2 atom stereocenters. The van der Waals surface area contributed by atoms with Crippen LogP contribution in [0.1, 0.15) is 6.92 Å². The summed E-state index contributed by atoms with van der Waals surface area (Å²) in [4.78, 5) is 10.6. The lowest BCUT2D eigenvalue weighted by Gasteiger charge is -2.13. The van der Waals surface area contributed by atoms with Gasteiger partial charge in [-0.3, -0.25) is 5.32 Å². The highest BCUT2D eigenvalue weighted by Crippen LogP contribution is 2.07. The van der Waals surface area contributed by atoms with E-state index in [1.54, 1.807) is 0 Å². The van der Waals surface area contributed by atoms with Gasteiger partial charge in [0.1, 0.15) is 0 Å². The van der Waals surface area contributed by atoms with Crippen LogP contribution >= 0.6 is 0 Å². The van der Waals surface area contributed by atoms with Crippen molar-refractivity contribution in [3.63, 3.8) is 0 Å². The Morgan fingerprint density at radius 1 is 1.83 bits per heavy atom. The molecule has 2 unspecified atom stereocenters. The van der Waals surface area contributed by atoms with Gasteiger partial charge in [-0.2, -0.15) is 0 Å². The number of hydrogen-bond acceptors (Lipinski definition) is 4. The maximum atomic E-state index is 10.6. The Hall–Kier alpha value is -0.650. The van der Waals surface area contributed by atoms with Gasteiger partial charge in [0.25, 0.3) is 0 Å². The van der Waals surface area contributed by atoms with Crippen LogP contribution in [0.4, 0.5) is 0 Å². The van der Waals surface area contributed by atoms with Crippen LogP contribution < -0.4 is 5.32 Å². The van der Waals surface area contributed by atoms with Crippen LogP contribution in [0.15, 0.2) is 0 Å². The zero-order valence-electron chi connectivity index (χ0n) is 6.95. The molecule has 1 fully saturated rings. The Morgan fingerprint density at radius 2 is 2.58 bits per heavy atom. The van der Waals surface area contributed by atoms with Gasteiger partial charge in [0, 0.05) is 6.61 Å². The lowest BCUT2D eigenvalue weighted by atomic mass is 10.2. The molecular formula is C7H13NO4. The van der Waals surface area contributed by atoms with Gasteiger partial charge in [-0.05, 0) is 6.92 Å². The molecule has 5 nitrogen and oxygen atoms in total. The second-order valence-corrected chi connectivity index (χ2v) is 2.54. The highest BCUT2D eigenvalue weighted by atomic mass is 16.5. The molecule has 0 aliphatic carbocycles. The van der Waals surface area contributed by atoms with E-state index in [2.05, 4.69) is 5.32 Å². The Balaban J connectivity index is 2.35. The minimum absolute atomic E-state index is 0.220. The summed E-state index contributed by atoms with van der Waals surface area (Å²) < 4.78 is 10.0. The molecule has 1 aliphatic heterocycles. The molecule has 1 heterocycles. The largest absolute Gasteiger partial charge is 0.479 e. The number of aliphatic carboxylic acids is 1. The molecule has 70 valence electrons. The van der Waals surface area contributed by atoms with E-state index in [-0.39, 0.29) is 12.8 Å². The fourth-order valence-electron chi connectivity index (χ4n) is 1.10. The standard InChI is InChI=1S/C7H13NO4/c1-2-11-3-5-6(7(9)10)12-4-8-5/h5-6,8H,2-4H2,1H3,(H,9,10). The van der Waals surface area contributed by atoms with E-state index in [9.17, 15) is 4.79 Å². The van der Waals surface area contributed by atoms with E-state index in [0.29, 0.717) is 13.2 Å².